The van der Waals surface area contributed by atoms with Crippen LogP contribution in [-0.2, 0) is 16.8 Å². The number of imidazole rings is 1. The van der Waals surface area contributed by atoms with Gasteiger partial charge in [-0.05, 0) is 18.8 Å². The lowest BCUT2D eigenvalue weighted by Crippen LogP contribution is -2.44. The molecule has 0 aliphatic carbocycles. The van der Waals surface area contributed by atoms with E-state index in [9.17, 15) is 8.42 Å². The lowest BCUT2D eigenvalue weighted by molar-refractivity contribution is 0.244. The molecule has 1 aromatic rings. The molecule has 18 heavy (non-hydrogen) atoms. The minimum absolute atomic E-state index is 0.535. The first-order valence-corrected chi connectivity index (χ1v) is 7.53. The maximum absolute atomic E-state index is 11.9. The smallest absolute Gasteiger partial charge is 0.281 e. The molecular formula is C11H20N4O2S. The van der Waals surface area contributed by atoms with E-state index >= 15 is 0 Å². The Morgan fingerprint density at radius 3 is 2.50 bits per heavy atom. The monoisotopic (exact) mass is 272 g/mol. The summed E-state index contributed by atoms with van der Waals surface area (Å²) in [6, 6.07) is 0. The normalized spacial score (nSPS) is 19.5. The zero-order valence-electron chi connectivity index (χ0n) is 10.9. The second-order valence-corrected chi connectivity index (χ2v) is 7.03. The first kappa shape index (κ1) is 13.5. The van der Waals surface area contributed by atoms with Crippen LogP contribution < -0.4 is 0 Å². The van der Waals surface area contributed by atoms with Crippen LogP contribution in [0, 0.1) is 5.92 Å². The predicted molar refractivity (Wildman–Crippen MR) is 69.1 cm³/mol. The van der Waals surface area contributed by atoms with E-state index in [1.54, 1.807) is 24.6 Å². The van der Waals surface area contributed by atoms with Crippen LogP contribution in [0.25, 0.3) is 0 Å². The van der Waals surface area contributed by atoms with E-state index in [1.165, 1.54) is 4.31 Å². The molecule has 0 aromatic carbocycles. The van der Waals surface area contributed by atoms with E-state index in [2.05, 4.69) is 9.55 Å². The second-order valence-electron chi connectivity index (χ2n) is 4.89. The van der Waals surface area contributed by atoms with Crippen LogP contribution in [-0.4, -0.2) is 53.8 Å². The molecule has 0 radical (unpaired) electrons. The Morgan fingerprint density at radius 2 is 2.00 bits per heavy atom. The van der Waals surface area contributed by atoms with E-state index in [-0.39, 0.29) is 0 Å². The molecule has 6 nitrogen and oxygen atoms in total. The fraction of sp³-hybridized carbons (Fsp3) is 0.727. The van der Waals surface area contributed by atoms with Gasteiger partial charge in [-0.15, -0.1) is 0 Å². The summed E-state index contributed by atoms with van der Waals surface area (Å²) in [5.41, 5.74) is 0. The lowest BCUT2D eigenvalue weighted by Gasteiger charge is -2.32. The third-order valence-corrected chi connectivity index (χ3v) is 5.33. The first-order valence-electron chi connectivity index (χ1n) is 6.13. The minimum atomic E-state index is -3.24. The van der Waals surface area contributed by atoms with Crippen LogP contribution in [0.5, 0.6) is 0 Å². The number of hydrogen-bond donors (Lipinski definition) is 0. The topological polar surface area (TPSA) is 58.4 Å². The van der Waals surface area contributed by atoms with Gasteiger partial charge in [0, 0.05) is 46.1 Å². The Kier molecular flexibility index (Phi) is 4.04. The average Bonchev–Trinajstić information content (AvgIpc) is 2.82. The van der Waals surface area contributed by atoms with Gasteiger partial charge < -0.3 is 4.57 Å². The second kappa shape index (κ2) is 5.38. The van der Waals surface area contributed by atoms with Gasteiger partial charge in [-0.25, -0.2) is 4.98 Å². The molecule has 0 atom stereocenters. The Labute approximate surface area is 108 Å². The molecule has 2 heterocycles. The Hall–Kier alpha value is -0.920. The largest absolute Gasteiger partial charge is 0.337 e. The van der Waals surface area contributed by atoms with Gasteiger partial charge in [0.15, 0.2) is 0 Å². The highest BCUT2D eigenvalue weighted by Crippen LogP contribution is 2.21. The summed E-state index contributed by atoms with van der Waals surface area (Å²) in [7, 11) is -0.0853. The van der Waals surface area contributed by atoms with Crippen molar-refractivity contribution in [2.45, 2.75) is 19.4 Å². The molecule has 0 amide bonds. The molecule has 1 saturated heterocycles. The summed E-state index contributed by atoms with van der Waals surface area (Å²) in [6.07, 6.45) is 7.34. The first-order chi connectivity index (χ1) is 8.50. The van der Waals surface area contributed by atoms with Crippen molar-refractivity contribution in [2.75, 3.05) is 27.2 Å². The molecule has 2 rings (SSSR count). The lowest BCUT2D eigenvalue weighted by atomic mass is 9.98. The third kappa shape index (κ3) is 2.90. The van der Waals surface area contributed by atoms with Crippen LogP contribution in [0.3, 0.4) is 0 Å². The van der Waals surface area contributed by atoms with Crippen molar-refractivity contribution in [3.8, 4) is 0 Å². The maximum atomic E-state index is 11.9. The van der Waals surface area contributed by atoms with E-state index < -0.39 is 10.2 Å². The van der Waals surface area contributed by atoms with Crippen LogP contribution in [0.4, 0.5) is 0 Å². The molecule has 1 aromatic heterocycles. The summed E-state index contributed by atoms with van der Waals surface area (Å²) in [4.78, 5) is 4.02. The van der Waals surface area contributed by atoms with E-state index in [4.69, 9.17) is 0 Å². The summed E-state index contributed by atoms with van der Waals surface area (Å²) in [5, 5.41) is 0. The Bertz CT molecular complexity index is 461. The molecule has 0 bridgehead atoms. The third-order valence-electron chi connectivity index (χ3n) is 3.39. The molecule has 0 spiro atoms. The van der Waals surface area contributed by atoms with Crippen molar-refractivity contribution in [3.63, 3.8) is 0 Å². The summed E-state index contributed by atoms with van der Waals surface area (Å²) >= 11 is 0. The summed E-state index contributed by atoms with van der Waals surface area (Å²) < 4.78 is 28.8. The minimum Gasteiger partial charge on any atom is -0.337 e. The van der Waals surface area contributed by atoms with Crippen molar-refractivity contribution < 1.29 is 8.42 Å². The highest BCUT2D eigenvalue weighted by atomic mass is 32.2. The van der Waals surface area contributed by atoms with E-state index in [0.29, 0.717) is 19.0 Å². The average molecular weight is 272 g/mol. The molecule has 0 saturated carbocycles. The van der Waals surface area contributed by atoms with E-state index in [1.807, 2.05) is 12.5 Å². The quantitative estimate of drug-likeness (QED) is 0.797. The number of rotatable bonds is 4. The predicted octanol–water partition coefficient (Wildman–Crippen LogP) is 0.401. The SMILES string of the molecule is CN(C)S(=O)(=O)N1CCC(Cn2ccnc2)CC1. The number of nitrogens with zero attached hydrogens (tertiary/aromatic N) is 4. The standard InChI is InChI=1S/C11H20N4O2S/c1-13(2)18(16,17)15-6-3-11(4-7-15)9-14-8-5-12-10-14/h5,8,10-11H,3-4,6-7,9H2,1-2H3. The zero-order chi connectivity index (χ0) is 13.2. The summed E-state index contributed by atoms with van der Waals surface area (Å²) in [5.74, 6) is 0.535. The fourth-order valence-corrected chi connectivity index (χ4v) is 3.38. The van der Waals surface area contributed by atoms with Crippen LogP contribution in [0.15, 0.2) is 18.7 Å². The molecular weight excluding hydrogens is 252 g/mol. The Balaban J connectivity index is 1.89. The summed E-state index contributed by atoms with van der Waals surface area (Å²) in [6.45, 7) is 2.15. The van der Waals surface area contributed by atoms with Crippen molar-refractivity contribution in [3.05, 3.63) is 18.7 Å². The van der Waals surface area contributed by atoms with Gasteiger partial charge in [-0.2, -0.15) is 17.0 Å². The van der Waals surface area contributed by atoms with Crippen molar-refractivity contribution in [1.82, 2.24) is 18.2 Å². The molecule has 7 heteroatoms. The van der Waals surface area contributed by atoms with Gasteiger partial charge >= 0.3 is 0 Å². The van der Waals surface area contributed by atoms with Crippen molar-refractivity contribution in [1.29, 1.82) is 0 Å². The zero-order valence-corrected chi connectivity index (χ0v) is 11.7. The number of hydrogen-bond acceptors (Lipinski definition) is 3. The van der Waals surface area contributed by atoms with Gasteiger partial charge in [-0.3, -0.25) is 0 Å². The molecule has 1 aliphatic rings. The number of piperidine rings is 1. The molecule has 102 valence electrons. The van der Waals surface area contributed by atoms with Crippen molar-refractivity contribution in [2.24, 2.45) is 5.92 Å². The van der Waals surface area contributed by atoms with E-state index in [0.717, 1.165) is 19.4 Å². The van der Waals surface area contributed by atoms with Crippen LogP contribution in [0.1, 0.15) is 12.8 Å². The van der Waals surface area contributed by atoms with Gasteiger partial charge in [0.2, 0.25) is 0 Å². The van der Waals surface area contributed by atoms with Crippen molar-refractivity contribution >= 4 is 10.2 Å². The molecule has 1 aliphatic heterocycles. The molecule has 1 fully saturated rings. The van der Waals surface area contributed by atoms with Crippen LogP contribution >= 0.6 is 0 Å². The fourth-order valence-electron chi connectivity index (χ4n) is 2.25. The van der Waals surface area contributed by atoms with Gasteiger partial charge in [0.25, 0.3) is 10.2 Å². The highest BCUT2D eigenvalue weighted by molar-refractivity contribution is 7.86. The van der Waals surface area contributed by atoms with Crippen LogP contribution in [0.2, 0.25) is 0 Å². The Morgan fingerprint density at radius 1 is 1.33 bits per heavy atom. The number of aromatic nitrogens is 2. The van der Waals surface area contributed by atoms with Gasteiger partial charge in [-0.1, -0.05) is 0 Å². The molecule has 0 N–H and O–H groups in total. The van der Waals surface area contributed by atoms with Gasteiger partial charge in [0.05, 0.1) is 6.33 Å². The maximum Gasteiger partial charge on any atom is 0.281 e. The van der Waals surface area contributed by atoms with Gasteiger partial charge in [0.1, 0.15) is 0 Å². The highest BCUT2D eigenvalue weighted by Gasteiger charge is 2.29. The molecule has 0 unspecified atom stereocenters.